The Kier molecular flexibility index (Phi) is 4.78. The highest BCUT2D eigenvalue weighted by Gasteiger charge is 2.30. The number of anilines is 3. The molecule has 0 spiro atoms. The Labute approximate surface area is 150 Å². The lowest BCUT2D eigenvalue weighted by Crippen LogP contribution is -2.39. The molecule has 2 aromatic rings. The van der Waals surface area contributed by atoms with E-state index in [2.05, 4.69) is 9.62 Å². The number of rotatable bonds is 4. The number of hydrogen-bond donors (Lipinski definition) is 1. The average molecular weight is 363 g/mol. The third-order valence-electron chi connectivity index (χ3n) is 4.34. The van der Waals surface area contributed by atoms with Gasteiger partial charge in [0.25, 0.3) is 0 Å². The van der Waals surface area contributed by atoms with Crippen LogP contribution < -0.4 is 13.9 Å². The van der Waals surface area contributed by atoms with Gasteiger partial charge in [0.2, 0.25) is 0 Å². The second-order valence-corrected chi connectivity index (χ2v) is 7.02. The molecule has 4 rings (SSSR count). The monoisotopic (exact) mass is 363 g/mol. The molecule has 0 aromatic heterocycles. The van der Waals surface area contributed by atoms with Crippen LogP contribution in [0.5, 0.6) is 0 Å². The molecule has 1 N–H and O–H groups in total. The predicted octanol–water partition coefficient (Wildman–Crippen LogP) is 3.86. The third kappa shape index (κ3) is 3.44. The van der Waals surface area contributed by atoms with Crippen LogP contribution in [0, 0.1) is 11.6 Å². The van der Waals surface area contributed by atoms with Gasteiger partial charge in [0, 0.05) is 25.7 Å². The summed E-state index contributed by atoms with van der Waals surface area (Å²) in [6, 6.07) is 11.5. The first-order valence-electron chi connectivity index (χ1n) is 8.34. The molecule has 2 heterocycles. The lowest BCUT2D eigenvalue weighted by Gasteiger charge is -2.26. The summed E-state index contributed by atoms with van der Waals surface area (Å²) in [5, 5.41) is 3.33. The fraction of sp³-hybridized carbons (Fsp3) is 0.333. The molecule has 1 fully saturated rings. The number of nitrogens with zero attached hydrogens (tertiary/aromatic N) is 2. The fourth-order valence-electron chi connectivity index (χ4n) is 3.08. The van der Waals surface area contributed by atoms with Crippen LogP contribution in [0.3, 0.4) is 0 Å². The van der Waals surface area contributed by atoms with Crippen molar-refractivity contribution in [2.45, 2.75) is 12.5 Å². The summed E-state index contributed by atoms with van der Waals surface area (Å²) < 4.78 is 37.2. The van der Waals surface area contributed by atoms with Gasteiger partial charge in [0.1, 0.15) is 5.82 Å². The highest BCUT2D eigenvalue weighted by atomic mass is 32.2. The second-order valence-electron chi connectivity index (χ2n) is 6.05. The van der Waals surface area contributed by atoms with E-state index in [9.17, 15) is 8.78 Å². The van der Waals surface area contributed by atoms with Crippen LogP contribution in [-0.2, 0) is 4.74 Å². The molecule has 2 aliphatic rings. The van der Waals surface area contributed by atoms with Crippen LogP contribution in [0.2, 0.25) is 0 Å². The summed E-state index contributed by atoms with van der Waals surface area (Å²) in [5.41, 5.74) is 2.29. The lowest BCUT2D eigenvalue weighted by molar-refractivity contribution is 0.0254. The smallest absolute Gasteiger partial charge is 0.150 e. The van der Waals surface area contributed by atoms with E-state index in [0.717, 1.165) is 50.1 Å². The normalized spacial score (nSPS) is 20.0. The van der Waals surface area contributed by atoms with Crippen molar-refractivity contribution in [1.82, 2.24) is 5.32 Å². The van der Waals surface area contributed by atoms with E-state index in [1.807, 2.05) is 28.6 Å². The van der Waals surface area contributed by atoms with Gasteiger partial charge in [-0.3, -0.25) is 8.61 Å². The van der Waals surface area contributed by atoms with E-state index < -0.39 is 11.6 Å². The number of morpholine rings is 1. The van der Waals surface area contributed by atoms with Crippen molar-refractivity contribution in [2.24, 2.45) is 0 Å². The first kappa shape index (κ1) is 16.6. The number of benzene rings is 2. The maximum Gasteiger partial charge on any atom is 0.150 e. The number of fused-ring (bicyclic) bond motifs is 1. The molecule has 7 heteroatoms. The number of nitrogens with one attached hydrogen (secondary N) is 1. The van der Waals surface area contributed by atoms with Crippen LogP contribution in [0.15, 0.2) is 42.5 Å². The molecule has 2 aliphatic heterocycles. The molecule has 0 amide bonds. The molecular weight excluding hydrogens is 344 g/mol. The Morgan fingerprint density at radius 3 is 2.72 bits per heavy atom. The average Bonchev–Trinajstić information content (AvgIpc) is 3.00. The van der Waals surface area contributed by atoms with Crippen molar-refractivity contribution in [3.8, 4) is 0 Å². The van der Waals surface area contributed by atoms with E-state index in [1.165, 1.54) is 24.3 Å². The highest BCUT2D eigenvalue weighted by Crippen LogP contribution is 2.49. The summed E-state index contributed by atoms with van der Waals surface area (Å²) in [6.45, 7) is 3.28. The zero-order chi connectivity index (χ0) is 17.2. The Balaban J connectivity index is 1.55. The number of halogens is 2. The molecule has 1 atom stereocenters. The van der Waals surface area contributed by atoms with Crippen LogP contribution in [-0.4, -0.2) is 32.3 Å². The fourth-order valence-corrected chi connectivity index (χ4v) is 4.19. The van der Waals surface area contributed by atoms with Gasteiger partial charge in [-0.05, 0) is 30.7 Å². The minimum atomic E-state index is -0.572. The van der Waals surface area contributed by atoms with Gasteiger partial charge in [-0.25, -0.2) is 8.78 Å². The molecule has 132 valence electrons. The van der Waals surface area contributed by atoms with Gasteiger partial charge in [-0.2, -0.15) is 0 Å². The number of ether oxygens (including phenoxy) is 1. The van der Waals surface area contributed by atoms with Crippen molar-refractivity contribution < 1.29 is 13.5 Å². The molecule has 2 aromatic carbocycles. The highest BCUT2D eigenvalue weighted by molar-refractivity contribution is 8.02. The van der Waals surface area contributed by atoms with Crippen molar-refractivity contribution >= 4 is 29.2 Å². The first-order valence-corrected chi connectivity index (χ1v) is 9.07. The zero-order valence-electron chi connectivity index (χ0n) is 13.6. The largest absolute Gasteiger partial charge is 0.376 e. The Morgan fingerprint density at radius 1 is 1.12 bits per heavy atom. The summed E-state index contributed by atoms with van der Waals surface area (Å²) in [5.74, 6) is -1.14. The number of para-hydroxylation sites is 2. The van der Waals surface area contributed by atoms with Crippen molar-refractivity contribution in [3.05, 3.63) is 54.1 Å². The molecule has 4 nitrogen and oxygen atoms in total. The first-order chi connectivity index (χ1) is 12.2. The molecule has 0 aliphatic carbocycles. The lowest BCUT2D eigenvalue weighted by atomic mass is 10.2. The molecule has 0 bridgehead atoms. The second kappa shape index (κ2) is 7.19. The molecular formula is C18H19F2N3OS. The van der Waals surface area contributed by atoms with Crippen LogP contribution in [0.4, 0.5) is 25.8 Å². The molecule has 0 unspecified atom stereocenters. The summed E-state index contributed by atoms with van der Waals surface area (Å²) in [6.07, 6.45) is 1.08. The standard InChI is InChI=1S/C18H19F2N3OS/c19-13-5-6-16(15(20)11-13)23-18-4-2-1-3-17(18)22(25-23)9-7-14-12-21-8-10-24-14/h1-6,11,14,21H,7-10,12H2/t14-/m1/s1. The van der Waals surface area contributed by atoms with Gasteiger partial charge in [-0.15, -0.1) is 0 Å². The van der Waals surface area contributed by atoms with Gasteiger partial charge in [0.15, 0.2) is 5.82 Å². The minimum absolute atomic E-state index is 0.193. The summed E-state index contributed by atoms with van der Waals surface area (Å²) in [4.78, 5) is 0. The maximum atomic E-state index is 14.3. The Hall–Kier alpha value is -1.83. The van der Waals surface area contributed by atoms with E-state index >= 15 is 0 Å². The van der Waals surface area contributed by atoms with E-state index in [0.29, 0.717) is 5.69 Å². The minimum Gasteiger partial charge on any atom is -0.376 e. The SMILES string of the molecule is Fc1ccc(N2SN(CC[C@@H]3CNCCO3)c3ccccc32)c(F)c1. The van der Waals surface area contributed by atoms with Crippen LogP contribution >= 0.6 is 12.1 Å². The summed E-state index contributed by atoms with van der Waals surface area (Å²) in [7, 11) is 0. The zero-order valence-corrected chi connectivity index (χ0v) is 14.4. The van der Waals surface area contributed by atoms with Crippen molar-refractivity contribution in [2.75, 3.05) is 34.9 Å². The van der Waals surface area contributed by atoms with Crippen LogP contribution in [0.25, 0.3) is 0 Å². The summed E-state index contributed by atoms with van der Waals surface area (Å²) >= 11 is 1.43. The molecule has 0 radical (unpaired) electrons. The van der Waals surface area contributed by atoms with Crippen molar-refractivity contribution in [3.63, 3.8) is 0 Å². The van der Waals surface area contributed by atoms with Gasteiger partial charge >= 0.3 is 0 Å². The van der Waals surface area contributed by atoms with Gasteiger partial charge in [-0.1, -0.05) is 12.1 Å². The van der Waals surface area contributed by atoms with Gasteiger partial charge in [0.05, 0.1) is 41.9 Å². The van der Waals surface area contributed by atoms with E-state index in [-0.39, 0.29) is 6.10 Å². The van der Waals surface area contributed by atoms with Gasteiger partial charge < -0.3 is 10.1 Å². The topological polar surface area (TPSA) is 27.7 Å². The van der Waals surface area contributed by atoms with Crippen LogP contribution in [0.1, 0.15) is 6.42 Å². The van der Waals surface area contributed by atoms with E-state index in [1.54, 1.807) is 0 Å². The predicted molar refractivity (Wildman–Crippen MR) is 97.1 cm³/mol. The quantitative estimate of drug-likeness (QED) is 0.833. The number of hydrogen-bond acceptors (Lipinski definition) is 5. The Bertz CT molecular complexity index is 755. The van der Waals surface area contributed by atoms with E-state index in [4.69, 9.17) is 4.74 Å². The molecule has 1 saturated heterocycles. The maximum absolute atomic E-state index is 14.3. The molecule has 25 heavy (non-hydrogen) atoms. The van der Waals surface area contributed by atoms with Crippen molar-refractivity contribution in [1.29, 1.82) is 0 Å². The Morgan fingerprint density at radius 2 is 1.96 bits per heavy atom. The third-order valence-corrected chi connectivity index (χ3v) is 5.47. The molecule has 0 saturated carbocycles.